The van der Waals surface area contributed by atoms with Gasteiger partial charge in [-0.2, -0.15) is 5.10 Å². The minimum absolute atomic E-state index is 0.220. The number of aromatic nitrogens is 3. The molecule has 0 saturated carbocycles. The Labute approximate surface area is 103 Å². The maximum Gasteiger partial charge on any atom is 0.249 e. The summed E-state index contributed by atoms with van der Waals surface area (Å²) in [4.78, 5) is 15.7. The average molecular weight is 248 g/mol. The minimum Gasteiger partial charge on any atom is -0.306 e. The van der Waals surface area contributed by atoms with E-state index in [2.05, 4.69) is 20.5 Å². The second-order valence-corrected chi connectivity index (χ2v) is 4.61. The van der Waals surface area contributed by atoms with Crippen LogP contribution >= 0.6 is 11.3 Å². The number of anilines is 1. The number of aromatic amines is 1. The molecule has 2 heterocycles. The number of amides is 1. The van der Waals surface area contributed by atoms with Gasteiger partial charge in [-0.3, -0.25) is 9.89 Å². The van der Waals surface area contributed by atoms with Crippen LogP contribution < -0.4 is 5.32 Å². The van der Waals surface area contributed by atoms with E-state index in [1.54, 1.807) is 23.5 Å². The summed E-state index contributed by atoms with van der Waals surface area (Å²) >= 11 is 1.55. The molecule has 0 aliphatic rings. The number of rotatable bonds is 3. The highest BCUT2D eigenvalue weighted by Crippen LogP contribution is 2.09. The SMILES string of the molecule is Cc1cc(NC(=O)C=Cc2csc(C)n2)n[nH]1. The van der Waals surface area contributed by atoms with Crippen molar-refractivity contribution < 1.29 is 4.79 Å². The molecule has 0 aliphatic carbocycles. The van der Waals surface area contributed by atoms with E-state index in [-0.39, 0.29) is 5.91 Å². The van der Waals surface area contributed by atoms with Crippen molar-refractivity contribution in [2.24, 2.45) is 0 Å². The topological polar surface area (TPSA) is 70.7 Å². The van der Waals surface area contributed by atoms with Gasteiger partial charge in [0.2, 0.25) is 5.91 Å². The zero-order chi connectivity index (χ0) is 12.3. The van der Waals surface area contributed by atoms with Gasteiger partial charge in [0.25, 0.3) is 0 Å². The van der Waals surface area contributed by atoms with Crippen LogP contribution in [0.5, 0.6) is 0 Å². The van der Waals surface area contributed by atoms with Crippen LogP contribution in [0.15, 0.2) is 17.5 Å². The first-order chi connectivity index (χ1) is 8.13. The fourth-order valence-electron chi connectivity index (χ4n) is 1.27. The van der Waals surface area contributed by atoms with Crippen LogP contribution in [0.1, 0.15) is 16.4 Å². The Kier molecular flexibility index (Phi) is 3.34. The number of hydrogen-bond acceptors (Lipinski definition) is 4. The number of nitrogens with one attached hydrogen (secondary N) is 2. The molecule has 6 heteroatoms. The molecule has 0 atom stereocenters. The maximum absolute atomic E-state index is 11.5. The van der Waals surface area contributed by atoms with Crippen molar-refractivity contribution in [2.75, 3.05) is 5.32 Å². The normalized spacial score (nSPS) is 10.9. The number of H-pyrrole nitrogens is 1. The molecule has 2 N–H and O–H groups in total. The summed E-state index contributed by atoms with van der Waals surface area (Å²) in [5, 5.41) is 12.2. The molecular formula is C11H12N4OS. The molecule has 0 spiro atoms. The van der Waals surface area contributed by atoms with Crippen molar-refractivity contribution in [2.45, 2.75) is 13.8 Å². The molecule has 2 rings (SSSR count). The van der Waals surface area contributed by atoms with E-state index in [1.807, 2.05) is 19.2 Å². The Morgan fingerprint density at radius 3 is 2.94 bits per heavy atom. The van der Waals surface area contributed by atoms with E-state index < -0.39 is 0 Å². The molecular weight excluding hydrogens is 236 g/mol. The van der Waals surface area contributed by atoms with Gasteiger partial charge in [-0.15, -0.1) is 11.3 Å². The van der Waals surface area contributed by atoms with Gasteiger partial charge in [0.15, 0.2) is 5.82 Å². The van der Waals surface area contributed by atoms with Gasteiger partial charge >= 0.3 is 0 Å². The standard InChI is InChI=1S/C11H12N4OS/c1-7-5-10(15-14-7)13-11(16)4-3-9-6-17-8(2)12-9/h3-6H,1-2H3,(H2,13,14,15,16). The molecule has 5 nitrogen and oxygen atoms in total. The largest absolute Gasteiger partial charge is 0.306 e. The first kappa shape index (κ1) is 11.5. The van der Waals surface area contributed by atoms with E-state index in [0.29, 0.717) is 5.82 Å². The van der Waals surface area contributed by atoms with Crippen LogP contribution in [0.2, 0.25) is 0 Å². The third-order valence-corrected chi connectivity index (χ3v) is 2.79. The lowest BCUT2D eigenvalue weighted by Gasteiger charge is -1.94. The van der Waals surface area contributed by atoms with Crippen LogP contribution in [0.4, 0.5) is 5.82 Å². The van der Waals surface area contributed by atoms with E-state index in [9.17, 15) is 4.79 Å². The predicted octanol–water partition coefficient (Wildman–Crippen LogP) is 2.13. The fourth-order valence-corrected chi connectivity index (χ4v) is 1.85. The molecule has 0 saturated heterocycles. The zero-order valence-corrected chi connectivity index (χ0v) is 10.3. The second kappa shape index (κ2) is 4.92. The van der Waals surface area contributed by atoms with E-state index in [0.717, 1.165) is 16.4 Å². The maximum atomic E-state index is 11.5. The fraction of sp³-hybridized carbons (Fsp3) is 0.182. The lowest BCUT2D eigenvalue weighted by molar-refractivity contribution is -0.111. The van der Waals surface area contributed by atoms with Gasteiger partial charge in [0.1, 0.15) is 0 Å². The quantitative estimate of drug-likeness (QED) is 0.817. The molecule has 0 radical (unpaired) electrons. The third kappa shape index (κ3) is 3.25. The third-order valence-electron chi connectivity index (χ3n) is 2.00. The van der Waals surface area contributed by atoms with Gasteiger partial charge in [0.05, 0.1) is 10.7 Å². The number of aryl methyl sites for hydroxylation is 2. The second-order valence-electron chi connectivity index (χ2n) is 3.55. The van der Waals surface area contributed by atoms with Gasteiger partial charge in [-0.1, -0.05) is 0 Å². The van der Waals surface area contributed by atoms with Crippen molar-refractivity contribution >= 4 is 29.1 Å². The van der Waals surface area contributed by atoms with Gasteiger partial charge < -0.3 is 5.32 Å². The molecule has 1 amide bonds. The van der Waals surface area contributed by atoms with Crippen LogP contribution in [0, 0.1) is 13.8 Å². The summed E-state index contributed by atoms with van der Waals surface area (Å²) in [6.45, 7) is 3.80. The average Bonchev–Trinajstić information content (AvgIpc) is 2.85. The van der Waals surface area contributed by atoms with Crippen molar-refractivity contribution in [3.8, 4) is 0 Å². The predicted molar refractivity (Wildman–Crippen MR) is 67.8 cm³/mol. The molecule has 2 aromatic heterocycles. The van der Waals surface area contributed by atoms with E-state index >= 15 is 0 Å². The van der Waals surface area contributed by atoms with Crippen molar-refractivity contribution in [3.05, 3.63) is 33.9 Å². The van der Waals surface area contributed by atoms with E-state index in [4.69, 9.17) is 0 Å². The first-order valence-electron chi connectivity index (χ1n) is 5.07. The van der Waals surface area contributed by atoms with Gasteiger partial charge in [0, 0.05) is 23.2 Å². The zero-order valence-electron chi connectivity index (χ0n) is 9.52. The Balaban J connectivity index is 1.95. The Morgan fingerprint density at radius 1 is 1.53 bits per heavy atom. The number of hydrogen-bond donors (Lipinski definition) is 2. The first-order valence-corrected chi connectivity index (χ1v) is 5.94. The molecule has 0 aromatic carbocycles. The van der Waals surface area contributed by atoms with Crippen molar-refractivity contribution in [1.82, 2.24) is 15.2 Å². The molecule has 2 aromatic rings. The molecule has 0 unspecified atom stereocenters. The van der Waals surface area contributed by atoms with E-state index in [1.165, 1.54) is 6.08 Å². The molecule has 0 aliphatic heterocycles. The Bertz CT molecular complexity index is 555. The summed E-state index contributed by atoms with van der Waals surface area (Å²) in [7, 11) is 0. The molecule has 88 valence electrons. The number of thiazole rings is 1. The highest BCUT2D eigenvalue weighted by molar-refractivity contribution is 7.09. The monoisotopic (exact) mass is 248 g/mol. The smallest absolute Gasteiger partial charge is 0.249 e. The lowest BCUT2D eigenvalue weighted by atomic mass is 10.4. The highest BCUT2D eigenvalue weighted by atomic mass is 32.1. The molecule has 0 fully saturated rings. The van der Waals surface area contributed by atoms with Crippen LogP contribution in [-0.4, -0.2) is 21.1 Å². The summed E-state index contributed by atoms with van der Waals surface area (Å²) in [6.07, 6.45) is 3.12. The Morgan fingerprint density at radius 2 is 2.35 bits per heavy atom. The molecule has 17 heavy (non-hydrogen) atoms. The van der Waals surface area contributed by atoms with Crippen molar-refractivity contribution in [3.63, 3.8) is 0 Å². The summed E-state index contributed by atoms with van der Waals surface area (Å²) in [5.41, 5.74) is 1.69. The number of carbonyl (C=O) groups excluding carboxylic acids is 1. The van der Waals surface area contributed by atoms with Crippen LogP contribution in [0.3, 0.4) is 0 Å². The number of nitrogens with zero attached hydrogens (tertiary/aromatic N) is 2. The summed E-state index contributed by atoms with van der Waals surface area (Å²) in [6, 6.07) is 1.76. The minimum atomic E-state index is -0.220. The van der Waals surface area contributed by atoms with Crippen LogP contribution in [-0.2, 0) is 4.79 Å². The van der Waals surface area contributed by atoms with Gasteiger partial charge in [-0.25, -0.2) is 4.98 Å². The summed E-state index contributed by atoms with van der Waals surface area (Å²) in [5.74, 6) is 0.300. The van der Waals surface area contributed by atoms with Gasteiger partial charge in [-0.05, 0) is 19.9 Å². The molecule has 0 bridgehead atoms. The lowest BCUT2D eigenvalue weighted by Crippen LogP contribution is -2.07. The Hall–Kier alpha value is -1.95. The highest BCUT2D eigenvalue weighted by Gasteiger charge is 2.01. The summed E-state index contributed by atoms with van der Waals surface area (Å²) < 4.78 is 0. The van der Waals surface area contributed by atoms with Crippen molar-refractivity contribution in [1.29, 1.82) is 0 Å². The number of carbonyl (C=O) groups is 1. The van der Waals surface area contributed by atoms with Crippen LogP contribution in [0.25, 0.3) is 6.08 Å².